The lowest BCUT2D eigenvalue weighted by atomic mass is 9.85. The highest BCUT2D eigenvalue weighted by Crippen LogP contribution is 2.29. The fraction of sp³-hybridized carbons (Fsp3) is 0.600. The SMILES string of the molecule is CCCN(Cc1cc(NC(=O)C2CCC2)ccc1N(C)C)C(=O)NCC. The zero-order chi connectivity index (χ0) is 19.1. The average Bonchev–Trinajstić information content (AvgIpc) is 2.52. The summed E-state index contributed by atoms with van der Waals surface area (Å²) in [7, 11) is 3.98. The number of hydrogen-bond acceptors (Lipinski definition) is 3. The summed E-state index contributed by atoms with van der Waals surface area (Å²) < 4.78 is 0. The van der Waals surface area contributed by atoms with Crippen LogP contribution in [-0.2, 0) is 11.3 Å². The Morgan fingerprint density at radius 3 is 2.46 bits per heavy atom. The van der Waals surface area contributed by atoms with E-state index >= 15 is 0 Å². The van der Waals surface area contributed by atoms with E-state index in [9.17, 15) is 9.59 Å². The zero-order valence-corrected chi connectivity index (χ0v) is 16.5. The number of carbonyl (C=O) groups excluding carboxylic acids is 2. The van der Waals surface area contributed by atoms with E-state index in [0.717, 1.165) is 42.6 Å². The molecular formula is C20H32N4O2. The minimum atomic E-state index is -0.0528. The van der Waals surface area contributed by atoms with Crippen molar-refractivity contribution in [1.82, 2.24) is 10.2 Å². The molecule has 144 valence electrons. The van der Waals surface area contributed by atoms with Crippen LogP contribution in [0, 0.1) is 5.92 Å². The number of rotatable bonds is 8. The van der Waals surface area contributed by atoms with E-state index in [2.05, 4.69) is 17.6 Å². The second-order valence-corrected chi connectivity index (χ2v) is 7.11. The molecule has 26 heavy (non-hydrogen) atoms. The molecule has 1 aliphatic carbocycles. The van der Waals surface area contributed by atoms with Crippen LogP contribution in [-0.4, -0.2) is 44.0 Å². The first kappa shape index (κ1) is 20.1. The predicted molar refractivity (Wildman–Crippen MR) is 107 cm³/mol. The summed E-state index contributed by atoms with van der Waals surface area (Å²) in [5, 5.41) is 5.91. The summed E-state index contributed by atoms with van der Waals surface area (Å²) in [6.07, 6.45) is 4.00. The summed E-state index contributed by atoms with van der Waals surface area (Å²) in [6.45, 7) is 5.80. The van der Waals surface area contributed by atoms with Crippen molar-refractivity contribution in [3.63, 3.8) is 0 Å². The zero-order valence-electron chi connectivity index (χ0n) is 16.5. The fourth-order valence-electron chi connectivity index (χ4n) is 3.13. The van der Waals surface area contributed by atoms with Crippen LogP contribution in [0.3, 0.4) is 0 Å². The number of nitrogens with one attached hydrogen (secondary N) is 2. The van der Waals surface area contributed by atoms with Crippen LogP contribution in [0.1, 0.15) is 45.1 Å². The lowest BCUT2D eigenvalue weighted by Crippen LogP contribution is -2.40. The van der Waals surface area contributed by atoms with Gasteiger partial charge in [-0.1, -0.05) is 13.3 Å². The van der Waals surface area contributed by atoms with Crippen molar-refractivity contribution in [2.45, 2.75) is 46.1 Å². The van der Waals surface area contributed by atoms with Gasteiger partial charge in [-0.05, 0) is 49.9 Å². The molecule has 0 aliphatic heterocycles. The maximum atomic E-state index is 12.3. The molecule has 1 fully saturated rings. The molecule has 0 aromatic heterocycles. The van der Waals surface area contributed by atoms with Gasteiger partial charge in [0, 0.05) is 51.0 Å². The maximum absolute atomic E-state index is 12.3. The average molecular weight is 361 g/mol. The Morgan fingerprint density at radius 1 is 1.19 bits per heavy atom. The van der Waals surface area contributed by atoms with E-state index in [1.165, 1.54) is 0 Å². The Bertz CT molecular complexity index is 626. The summed E-state index contributed by atoms with van der Waals surface area (Å²) in [4.78, 5) is 28.5. The molecule has 0 saturated heterocycles. The molecule has 3 amide bonds. The molecule has 2 N–H and O–H groups in total. The summed E-state index contributed by atoms with van der Waals surface area (Å²) in [5.74, 6) is 0.257. The number of benzene rings is 1. The molecule has 0 spiro atoms. The minimum Gasteiger partial charge on any atom is -0.377 e. The van der Waals surface area contributed by atoms with E-state index < -0.39 is 0 Å². The van der Waals surface area contributed by atoms with Gasteiger partial charge in [0.15, 0.2) is 0 Å². The van der Waals surface area contributed by atoms with Gasteiger partial charge in [0.05, 0.1) is 0 Å². The Morgan fingerprint density at radius 2 is 1.92 bits per heavy atom. The standard InChI is InChI=1S/C20H32N4O2/c1-5-12-24(20(26)21-6-2)14-16-13-17(10-11-18(16)23(3)4)22-19(25)15-8-7-9-15/h10-11,13,15H,5-9,12,14H2,1-4H3,(H,21,26)(H,22,25). The summed E-state index contributed by atoms with van der Waals surface area (Å²) in [6, 6.07) is 5.88. The molecule has 1 aromatic carbocycles. The number of hydrogen-bond donors (Lipinski definition) is 2. The minimum absolute atomic E-state index is 0.0528. The van der Waals surface area contributed by atoms with Gasteiger partial charge in [0.2, 0.25) is 5.91 Å². The van der Waals surface area contributed by atoms with E-state index in [4.69, 9.17) is 0 Å². The smallest absolute Gasteiger partial charge is 0.317 e. The second-order valence-electron chi connectivity index (χ2n) is 7.11. The van der Waals surface area contributed by atoms with Gasteiger partial charge in [-0.15, -0.1) is 0 Å². The van der Waals surface area contributed by atoms with Crippen LogP contribution in [0.4, 0.5) is 16.2 Å². The van der Waals surface area contributed by atoms with Crippen LogP contribution in [0.15, 0.2) is 18.2 Å². The fourth-order valence-corrected chi connectivity index (χ4v) is 3.13. The molecule has 0 bridgehead atoms. The molecule has 1 aliphatic rings. The molecular weight excluding hydrogens is 328 g/mol. The normalized spacial score (nSPS) is 13.7. The van der Waals surface area contributed by atoms with Crippen molar-refractivity contribution in [2.75, 3.05) is 37.4 Å². The first-order chi connectivity index (χ1) is 12.5. The number of nitrogens with zero attached hydrogens (tertiary/aromatic N) is 2. The Balaban J connectivity index is 2.20. The molecule has 1 aromatic rings. The highest BCUT2D eigenvalue weighted by atomic mass is 16.2. The van der Waals surface area contributed by atoms with Gasteiger partial charge in [-0.2, -0.15) is 0 Å². The lowest BCUT2D eigenvalue weighted by Gasteiger charge is -2.27. The monoisotopic (exact) mass is 360 g/mol. The Kier molecular flexibility index (Phi) is 7.30. The molecule has 2 rings (SSSR count). The van der Waals surface area contributed by atoms with E-state index in [1.54, 1.807) is 0 Å². The maximum Gasteiger partial charge on any atom is 0.317 e. The third-order valence-electron chi connectivity index (χ3n) is 4.77. The highest BCUT2D eigenvalue weighted by Gasteiger charge is 2.25. The molecule has 6 nitrogen and oxygen atoms in total. The van der Waals surface area contributed by atoms with Crippen molar-refractivity contribution < 1.29 is 9.59 Å². The van der Waals surface area contributed by atoms with E-state index in [0.29, 0.717) is 19.6 Å². The Hall–Kier alpha value is -2.24. The van der Waals surface area contributed by atoms with Crippen molar-refractivity contribution >= 4 is 23.3 Å². The van der Waals surface area contributed by atoms with Gasteiger partial charge in [0.25, 0.3) is 0 Å². The number of carbonyl (C=O) groups is 2. The van der Waals surface area contributed by atoms with Crippen molar-refractivity contribution in [1.29, 1.82) is 0 Å². The molecule has 1 saturated carbocycles. The van der Waals surface area contributed by atoms with Crippen LogP contribution < -0.4 is 15.5 Å². The van der Waals surface area contributed by atoms with E-state index in [-0.39, 0.29) is 17.9 Å². The lowest BCUT2D eigenvalue weighted by molar-refractivity contribution is -0.122. The molecule has 6 heteroatoms. The van der Waals surface area contributed by atoms with Gasteiger partial charge < -0.3 is 20.4 Å². The summed E-state index contributed by atoms with van der Waals surface area (Å²) in [5.41, 5.74) is 2.88. The number of amides is 3. The van der Waals surface area contributed by atoms with Crippen molar-refractivity contribution in [3.05, 3.63) is 23.8 Å². The third-order valence-corrected chi connectivity index (χ3v) is 4.77. The van der Waals surface area contributed by atoms with E-state index in [1.807, 2.05) is 49.0 Å². The van der Waals surface area contributed by atoms with Crippen molar-refractivity contribution in [2.24, 2.45) is 5.92 Å². The van der Waals surface area contributed by atoms with Crippen LogP contribution in [0.5, 0.6) is 0 Å². The quantitative estimate of drug-likeness (QED) is 0.746. The van der Waals surface area contributed by atoms with Crippen LogP contribution in [0.25, 0.3) is 0 Å². The van der Waals surface area contributed by atoms with Gasteiger partial charge in [-0.3, -0.25) is 4.79 Å². The second kappa shape index (κ2) is 9.46. The van der Waals surface area contributed by atoms with Crippen molar-refractivity contribution in [3.8, 4) is 0 Å². The van der Waals surface area contributed by atoms with Gasteiger partial charge >= 0.3 is 6.03 Å². The largest absolute Gasteiger partial charge is 0.377 e. The first-order valence-electron chi connectivity index (χ1n) is 9.60. The highest BCUT2D eigenvalue weighted by molar-refractivity contribution is 5.93. The summed E-state index contributed by atoms with van der Waals surface area (Å²) >= 11 is 0. The number of anilines is 2. The third kappa shape index (κ3) is 5.13. The molecule has 0 heterocycles. The molecule has 0 unspecified atom stereocenters. The van der Waals surface area contributed by atoms with Crippen LogP contribution in [0.2, 0.25) is 0 Å². The first-order valence-corrected chi connectivity index (χ1v) is 9.60. The number of urea groups is 1. The Labute approximate surface area is 156 Å². The van der Waals surface area contributed by atoms with Gasteiger partial charge in [-0.25, -0.2) is 4.79 Å². The van der Waals surface area contributed by atoms with Gasteiger partial charge in [0.1, 0.15) is 0 Å². The molecule has 0 radical (unpaired) electrons. The van der Waals surface area contributed by atoms with Crippen LogP contribution >= 0.6 is 0 Å². The topological polar surface area (TPSA) is 64.7 Å². The predicted octanol–water partition coefficient (Wildman–Crippen LogP) is 3.43. The molecule has 0 atom stereocenters.